The van der Waals surface area contributed by atoms with Crippen LogP contribution in [0.15, 0.2) is 24.8 Å². The minimum Gasteiger partial charge on any atom is -0.748 e. The second-order valence-corrected chi connectivity index (χ2v) is 6.18. The maximum atomic E-state index is 10.8. The van der Waals surface area contributed by atoms with E-state index in [0.717, 1.165) is 6.08 Å². The largest absolute Gasteiger partial charge is 1.00 e. The summed E-state index contributed by atoms with van der Waals surface area (Å²) in [5.41, 5.74) is -0.613. The van der Waals surface area contributed by atoms with Crippen molar-refractivity contribution >= 4 is 22.0 Å². The van der Waals surface area contributed by atoms with Crippen molar-refractivity contribution in [2.75, 3.05) is 12.4 Å². The van der Waals surface area contributed by atoms with Crippen LogP contribution in [-0.2, 0) is 24.4 Å². The van der Waals surface area contributed by atoms with Gasteiger partial charge in [-0.3, -0.25) is 4.79 Å². The molecule has 0 saturated carbocycles. The van der Waals surface area contributed by atoms with Gasteiger partial charge in [-0.25, -0.2) is 13.2 Å². The first-order valence-corrected chi connectivity index (χ1v) is 7.63. The fourth-order valence-electron chi connectivity index (χ4n) is 1.12. The molecular formula is C13H22NNaO6S. The molecule has 0 aliphatic carbocycles. The van der Waals surface area contributed by atoms with Crippen molar-refractivity contribution in [3.63, 3.8) is 0 Å². The van der Waals surface area contributed by atoms with Crippen LogP contribution in [0, 0.1) is 0 Å². The normalized spacial score (nSPS) is 10.2. The van der Waals surface area contributed by atoms with E-state index in [9.17, 15) is 22.6 Å². The molecule has 0 spiro atoms. The van der Waals surface area contributed by atoms with E-state index in [2.05, 4.69) is 23.2 Å². The first kappa shape index (κ1) is 26.2. The SMILES string of the molecule is C=C(C)C(=O)OCC.C=CC(=O)NC(C)(C)CS(=O)(=O)[O-].[Na+]. The standard InChI is InChI=1S/C7H13NO4S.C6H10O2.Na/c1-4-6(9)8-7(2,3)5-13(10,11)12;1-4-8-6(7)5(2)3;/h4H,1,5H2,2-3H3,(H,8,9)(H,10,11,12);2,4H2,1,3H3;/q;;+1/p-1. The van der Waals surface area contributed by atoms with Crippen molar-refractivity contribution in [2.24, 2.45) is 0 Å². The molecule has 122 valence electrons. The number of carbonyl (C=O) groups is 2. The van der Waals surface area contributed by atoms with Gasteiger partial charge in [-0.05, 0) is 33.8 Å². The van der Waals surface area contributed by atoms with Crippen molar-refractivity contribution in [2.45, 2.75) is 33.2 Å². The molecule has 0 radical (unpaired) electrons. The van der Waals surface area contributed by atoms with Gasteiger partial charge in [0.15, 0.2) is 0 Å². The van der Waals surface area contributed by atoms with E-state index in [1.165, 1.54) is 13.8 Å². The quantitative estimate of drug-likeness (QED) is 0.252. The Morgan fingerprint density at radius 1 is 1.36 bits per heavy atom. The van der Waals surface area contributed by atoms with Gasteiger partial charge >= 0.3 is 35.5 Å². The zero-order chi connectivity index (χ0) is 17.3. The van der Waals surface area contributed by atoms with Gasteiger partial charge in [0.25, 0.3) is 0 Å². The Labute approximate surface area is 154 Å². The van der Waals surface area contributed by atoms with Gasteiger partial charge in [-0.2, -0.15) is 0 Å². The number of amides is 1. The zero-order valence-electron chi connectivity index (χ0n) is 13.8. The smallest absolute Gasteiger partial charge is 0.748 e. The number of rotatable bonds is 6. The van der Waals surface area contributed by atoms with Crippen LogP contribution in [0.2, 0.25) is 0 Å². The van der Waals surface area contributed by atoms with E-state index in [4.69, 9.17) is 0 Å². The average molecular weight is 343 g/mol. The third-order valence-corrected chi connectivity index (χ3v) is 2.88. The Hall–Kier alpha value is -0.670. The minimum absolute atomic E-state index is 0. The molecular weight excluding hydrogens is 321 g/mol. The van der Waals surface area contributed by atoms with Gasteiger partial charge in [0.05, 0.1) is 22.5 Å². The van der Waals surface area contributed by atoms with E-state index in [-0.39, 0.29) is 35.5 Å². The van der Waals surface area contributed by atoms with Crippen LogP contribution in [0.1, 0.15) is 27.7 Å². The predicted octanol–water partition coefficient (Wildman–Crippen LogP) is -2.26. The summed E-state index contributed by atoms with van der Waals surface area (Å²) in [6, 6.07) is 0. The van der Waals surface area contributed by atoms with E-state index < -0.39 is 27.3 Å². The number of hydrogen-bond donors (Lipinski definition) is 1. The first-order valence-electron chi connectivity index (χ1n) is 6.05. The monoisotopic (exact) mass is 343 g/mol. The molecule has 7 nitrogen and oxygen atoms in total. The molecule has 0 unspecified atom stereocenters. The van der Waals surface area contributed by atoms with Crippen LogP contribution in [0.4, 0.5) is 0 Å². The summed E-state index contributed by atoms with van der Waals surface area (Å²) in [6.45, 7) is 13.3. The zero-order valence-corrected chi connectivity index (χ0v) is 16.6. The van der Waals surface area contributed by atoms with Gasteiger partial charge in [-0.15, -0.1) is 0 Å². The summed E-state index contributed by atoms with van der Waals surface area (Å²) < 4.78 is 35.7. The van der Waals surface area contributed by atoms with Crippen molar-refractivity contribution in [3.8, 4) is 0 Å². The number of ether oxygens (including phenoxy) is 1. The van der Waals surface area contributed by atoms with Gasteiger partial charge in [0.2, 0.25) is 5.91 Å². The van der Waals surface area contributed by atoms with Crippen LogP contribution in [0.25, 0.3) is 0 Å². The Kier molecular flexibility index (Phi) is 14.1. The third-order valence-electron chi connectivity index (χ3n) is 1.81. The van der Waals surface area contributed by atoms with Gasteiger partial charge in [0, 0.05) is 11.1 Å². The number of hydrogen-bond acceptors (Lipinski definition) is 6. The fourth-order valence-corrected chi connectivity index (χ4v) is 2.07. The Morgan fingerprint density at radius 3 is 2.05 bits per heavy atom. The topological polar surface area (TPSA) is 113 Å². The first-order chi connectivity index (χ1) is 9.34. The second-order valence-electron chi connectivity index (χ2n) is 4.78. The van der Waals surface area contributed by atoms with E-state index >= 15 is 0 Å². The van der Waals surface area contributed by atoms with E-state index in [1.54, 1.807) is 13.8 Å². The molecule has 0 aromatic heterocycles. The Morgan fingerprint density at radius 2 is 1.82 bits per heavy atom. The summed E-state index contributed by atoms with van der Waals surface area (Å²) in [4.78, 5) is 21.2. The molecule has 0 aliphatic heterocycles. The van der Waals surface area contributed by atoms with Crippen molar-refractivity contribution in [1.82, 2.24) is 5.32 Å². The summed E-state index contributed by atoms with van der Waals surface area (Å²) in [7, 11) is -4.33. The van der Waals surface area contributed by atoms with Crippen LogP contribution in [-0.4, -0.2) is 42.7 Å². The Balaban J connectivity index is -0.000000348. The molecule has 22 heavy (non-hydrogen) atoms. The van der Waals surface area contributed by atoms with Crippen molar-refractivity contribution < 1.29 is 56.9 Å². The maximum absolute atomic E-state index is 10.8. The molecule has 0 bridgehead atoms. The molecule has 0 fully saturated rings. The van der Waals surface area contributed by atoms with Crippen molar-refractivity contribution in [3.05, 3.63) is 24.8 Å². The maximum Gasteiger partial charge on any atom is 1.00 e. The van der Waals surface area contributed by atoms with Crippen LogP contribution in [0.3, 0.4) is 0 Å². The second kappa shape index (κ2) is 11.8. The number of nitrogens with one attached hydrogen (secondary N) is 1. The molecule has 0 aromatic rings. The molecule has 0 aliphatic rings. The molecule has 0 rings (SSSR count). The van der Waals surface area contributed by atoms with Crippen LogP contribution < -0.4 is 34.9 Å². The van der Waals surface area contributed by atoms with Gasteiger partial charge in [-0.1, -0.05) is 13.2 Å². The summed E-state index contributed by atoms with van der Waals surface area (Å²) in [5, 5.41) is 2.33. The summed E-state index contributed by atoms with van der Waals surface area (Å²) >= 11 is 0. The Bertz CT molecular complexity index is 499. The summed E-state index contributed by atoms with van der Waals surface area (Å²) in [6.07, 6.45) is 1.01. The number of esters is 1. The predicted molar refractivity (Wildman–Crippen MR) is 78.4 cm³/mol. The van der Waals surface area contributed by atoms with Crippen LogP contribution >= 0.6 is 0 Å². The average Bonchev–Trinajstić information content (AvgIpc) is 2.25. The summed E-state index contributed by atoms with van der Waals surface area (Å²) in [5.74, 6) is -1.46. The van der Waals surface area contributed by atoms with Crippen molar-refractivity contribution in [1.29, 1.82) is 0 Å². The molecule has 9 heteroatoms. The van der Waals surface area contributed by atoms with E-state index in [0.29, 0.717) is 12.2 Å². The molecule has 0 saturated heterocycles. The fraction of sp³-hybridized carbons (Fsp3) is 0.538. The third kappa shape index (κ3) is 17.4. The number of carbonyl (C=O) groups excluding carboxylic acids is 2. The molecule has 1 amide bonds. The molecule has 0 atom stereocenters. The van der Waals surface area contributed by atoms with Gasteiger partial charge < -0.3 is 14.6 Å². The van der Waals surface area contributed by atoms with Crippen LogP contribution in [0.5, 0.6) is 0 Å². The van der Waals surface area contributed by atoms with E-state index in [1.807, 2.05) is 0 Å². The molecule has 1 N–H and O–H groups in total. The van der Waals surface area contributed by atoms with Gasteiger partial charge in [0.1, 0.15) is 0 Å². The molecule has 0 heterocycles. The molecule has 0 aromatic carbocycles. The minimum atomic E-state index is -4.33.